The van der Waals surface area contributed by atoms with Crippen LogP contribution >= 0.6 is 11.3 Å². The number of aromatic amines is 1. The number of hydrogen-bond donors (Lipinski definition) is 1. The summed E-state index contributed by atoms with van der Waals surface area (Å²) in [4.78, 5) is 27.9. The Morgan fingerprint density at radius 3 is 2.69 bits per heavy atom. The molecule has 4 aromatic heterocycles. The predicted octanol–water partition coefficient (Wildman–Crippen LogP) is 5.74. The first-order valence-corrected chi connectivity index (χ1v) is 12.0. The molecular formula is C26H21N7OS. The molecule has 1 N–H and O–H groups in total. The number of carbonyl (C=O) groups excluding carboxylic acids is 1. The molecule has 5 heterocycles. The summed E-state index contributed by atoms with van der Waals surface area (Å²) in [7, 11) is 1.79. The molecule has 1 aliphatic heterocycles. The third-order valence-corrected chi connectivity index (χ3v) is 7.55. The highest BCUT2D eigenvalue weighted by atomic mass is 32.1. The van der Waals surface area contributed by atoms with Crippen LogP contribution < -0.4 is 4.90 Å². The molecule has 0 saturated heterocycles. The Balaban J connectivity index is 1.50. The van der Waals surface area contributed by atoms with E-state index in [0.29, 0.717) is 6.54 Å². The third kappa shape index (κ3) is 3.33. The Labute approximate surface area is 205 Å². The number of rotatable bonds is 3. The Morgan fingerprint density at radius 2 is 1.91 bits per heavy atom. The highest BCUT2D eigenvalue weighted by molar-refractivity contribution is 7.22. The fourth-order valence-corrected chi connectivity index (χ4v) is 5.42. The van der Waals surface area contributed by atoms with Crippen LogP contribution in [0.15, 0.2) is 55.0 Å². The molecule has 5 aromatic rings. The molecule has 0 aliphatic carbocycles. The lowest BCUT2D eigenvalue weighted by Gasteiger charge is -2.35. The lowest BCUT2D eigenvalue weighted by Crippen LogP contribution is -2.42. The minimum atomic E-state index is -0.608. The monoisotopic (exact) mass is 479 g/mol. The van der Waals surface area contributed by atoms with Gasteiger partial charge in [0, 0.05) is 46.2 Å². The molecule has 0 saturated carbocycles. The van der Waals surface area contributed by atoms with Crippen molar-refractivity contribution in [2.45, 2.75) is 25.8 Å². The van der Waals surface area contributed by atoms with Gasteiger partial charge in [-0.2, -0.15) is 10.4 Å². The lowest BCUT2D eigenvalue weighted by atomic mass is 9.86. The third-order valence-electron chi connectivity index (χ3n) is 6.46. The number of hydrogen-bond acceptors (Lipinski definition) is 6. The van der Waals surface area contributed by atoms with Crippen LogP contribution in [-0.4, -0.2) is 38.1 Å². The zero-order valence-corrected chi connectivity index (χ0v) is 20.2. The minimum Gasteiger partial charge on any atom is -0.323 e. The molecule has 1 aliphatic rings. The second-order valence-corrected chi connectivity index (χ2v) is 10.3. The average Bonchev–Trinajstić information content (AvgIpc) is 3.51. The standard InChI is InChI=1S/C26H21N7OS/c1-26(2,14-27)18-4-6-19(7-5-18)33-22-17(13-32(3)25(33)34)11-29-24-20(22)9-21(35-24)15-8-16-12-30-31-23(16)28-10-15/h4-12H,13H2,1-3H3,(H,28,30,31). The smallest absolute Gasteiger partial charge is 0.323 e. The number of carbonyl (C=O) groups is 1. The maximum Gasteiger partial charge on any atom is 0.329 e. The number of nitriles is 1. The molecule has 9 heteroatoms. The maximum absolute atomic E-state index is 13.4. The number of pyridine rings is 2. The highest BCUT2D eigenvalue weighted by Crippen LogP contribution is 2.44. The van der Waals surface area contributed by atoms with Gasteiger partial charge in [-0.05, 0) is 43.7 Å². The number of nitrogens with zero attached hydrogens (tertiary/aromatic N) is 6. The zero-order valence-electron chi connectivity index (χ0n) is 19.4. The molecule has 172 valence electrons. The molecule has 1 aromatic carbocycles. The average molecular weight is 480 g/mol. The van der Waals surface area contributed by atoms with Gasteiger partial charge in [-0.15, -0.1) is 11.3 Å². The van der Waals surface area contributed by atoms with Gasteiger partial charge < -0.3 is 4.90 Å². The van der Waals surface area contributed by atoms with Crippen LogP contribution in [0, 0.1) is 11.3 Å². The van der Waals surface area contributed by atoms with Crippen molar-refractivity contribution < 1.29 is 4.79 Å². The van der Waals surface area contributed by atoms with Crippen molar-refractivity contribution in [3.05, 3.63) is 66.1 Å². The summed E-state index contributed by atoms with van der Waals surface area (Å²) in [5, 5.41) is 18.3. The number of urea groups is 1. The van der Waals surface area contributed by atoms with Crippen molar-refractivity contribution in [2.24, 2.45) is 0 Å². The van der Waals surface area contributed by atoms with Gasteiger partial charge in [-0.25, -0.2) is 14.8 Å². The van der Waals surface area contributed by atoms with Crippen LogP contribution in [0.5, 0.6) is 0 Å². The second kappa shape index (κ2) is 7.61. The molecule has 6 rings (SSSR count). The molecule has 0 radical (unpaired) electrons. The van der Waals surface area contributed by atoms with E-state index in [1.807, 2.05) is 50.5 Å². The van der Waals surface area contributed by atoms with Gasteiger partial charge in [0.15, 0.2) is 5.65 Å². The molecule has 8 nitrogen and oxygen atoms in total. The van der Waals surface area contributed by atoms with E-state index in [-0.39, 0.29) is 6.03 Å². The Hall–Kier alpha value is -4.29. The number of nitrogens with one attached hydrogen (secondary N) is 1. The van der Waals surface area contributed by atoms with Gasteiger partial charge >= 0.3 is 6.03 Å². The van der Waals surface area contributed by atoms with Gasteiger partial charge in [-0.1, -0.05) is 12.1 Å². The SMILES string of the molecule is CN1Cc2cnc3sc(-c4cnc5[nH]ncc5c4)cc3c2N(c2ccc(C(C)(C)C#N)cc2)C1=O. The Bertz CT molecular complexity index is 1660. The van der Waals surface area contributed by atoms with Crippen molar-refractivity contribution in [2.75, 3.05) is 11.9 Å². The van der Waals surface area contributed by atoms with Crippen molar-refractivity contribution in [1.29, 1.82) is 5.26 Å². The van der Waals surface area contributed by atoms with Crippen LogP contribution in [0.25, 0.3) is 31.7 Å². The number of thiophene rings is 1. The molecule has 0 unspecified atom stereocenters. The van der Waals surface area contributed by atoms with E-state index in [2.05, 4.69) is 33.4 Å². The second-order valence-electron chi connectivity index (χ2n) is 9.25. The molecular weight excluding hydrogens is 458 g/mol. The topological polar surface area (TPSA) is 102 Å². The van der Waals surface area contributed by atoms with Crippen LogP contribution in [0.4, 0.5) is 16.2 Å². The van der Waals surface area contributed by atoms with E-state index in [9.17, 15) is 10.1 Å². The molecule has 0 bridgehead atoms. The largest absolute Gasteiger partial charge is 0.329 e. The van der Waals surface area contributed by atoms with E-state index < -0.39 is 5.41 Å². The van der Waals surface area contributed by atoms with E-state index in [1.54, 1.807) is 34.4 Å². The van der Waals surface area contributed by atoms with E-state index in [4.69, 9.17) is 4.98 Å². The number of H-pyrrole nitrogens is 1. The number of aromatic nitrogens is 4. The van der Waals surface area contributed by atoms with Gasteiger partial charge in [0.25, 0.3) is 0 Å². The molecule has 35 heavy (non-hydrogen) atoms. The number of anilines is 2. The summed E-state index contributed by atoms with van der Waals surface area (Å²) in [5.41, 5.74) is 4.60. The quantitative estimate of drug-likeness (QED) is 0.356. The first-order valence-electron chi connectivity index (χ1n) is 11.1. The van der Waals surface area contributed by atoms with Gasteiger partial charge in [0.1, 0.15) is 4.83 Å². The molecule has 0 spiro atoms. The van der Waals surface area contributed by atoms with Crippen molar-refractivity contribution in [1.82, 2.24) is 25.1 Å². The van der Waals surface area contributed by atoms with Crippen LogP contribution in [0.1, 0.15) is 25.0 Å². The van der Waals surface area contributed by atoms with Gasteiger partial charge in [0.2, 0.25) is 0 Å². The fraction of sp³-hybridized carbons (Fsp3) is 0.192. The molecule has 0 fully saturated rings. The van der Waals surface area contributed by atoms with Crippen molar-refractivity contribution in [3.63, 3.8) is 0 Å². The number of amides is 2. The van der Waals surface area contributed by atoms with Crippen molar-refractivity contribution >= 4 is 50.0 Å². The number of fused-ring (bicyclic) bond motifs is 4. The normalized spacial score (nSPS) is 13.9. The molecule has 2 amide bonds. The van der Waals surface area contributed by atoms with E-state index >= 15 is 0 Å². The highest BCUT2D eigenvalue weighted by Gasteiger charge is 2.32. The van der Waals surface area contributed by atoms with Crippen LogP contribution in [0.2, 0.25) is 0 Å². The van der Waals surface area contributed by atoms with Crippen LogP contribution in [-0.2, 0) is 12.0 Å². The maximum atomic E-state index is 13.4. The first-order chi connectivity index (χ1) is 16.9. The summed E-state index contributed by atoms with van der Waals surface area (Å²) in [6.07, 6.45) is 5.44. The van der Waals surface area contributed by atoms with E-state index in [1.165, 1.54) is 0 Å². The summed E-state index contributed by atoms with van der Waals surface area (Å²) >= 11 is 1.57. The summed E-state index contributed by atoms with van der Waals surface area (Å²) in [6, 6.07) is 14.0. The van der Waals surface area contributed by atoms with E-state index in [0.717, 1.165) is 54.2 Å². The summed E-state index contributed by atoms with van der Waals surface area (Å²) in [5.74, 6) is 0. The Morgan fingerprint density at radius 1 is 1.11 bits per heavy atom. The van der Waals surface area contributed by atoms with Gasteiger partial charge in [-0.3, -0.25) is 10.00 Å². The lowest BCUT2D eigenvalue weighted by molar-refractivity contribution is 0.213. The summed E-state index contributed by atoms with van der Waals surface area (Å²) < 4.78 is 0. The summed E-state index contributed by atoms with van der Waals surface area (Å²) in [6.45, 7) is 4.25. The zero-order chi connectivity index (χ0) is 24.3. The predicted molar refractivity (Wildman–Crippen MR) is 137 cm³/mol. The fourth-order valence-electron chi connectivity index (χ4n) is 4.43. The first kappa shape index (κ1) is 21.3. The van der Waals surface area contributed by atoms with Gasteiger partial charge in [0.05, 0.1) is 35.6 Å². The van der Waals surface area contributed by atoms with Crippen molar-refractivity contribution in [3.8, 4) is 16.5 Å². The minimum absolute atomic E-state index is 0.105. The van der Waals surface area contributed by atoms with Crippen LogP contribution in [0.3, 0.4) is 0 Å². The number of benzene rings is 1. The molecule has 0 atom stereocenters. The Kier molecular flexibility index (Phi) is 4.62.